The van der Waals surface area contributed by atoms with Gasteiger partial charge in [-0.25, -0.2) is 4.98 Å². The molecule has 4 aromatic rings. The summed E-state index contributed by atoms with van der Waals surface area (Å²) in [6.07, 6.45) is 1.75. The Morgan fingerprint density at radius 2 is 1.74 bits per heavy atom. The van der Waals surface area contributed by atoms with E-state index < -0.39 is 8.32 Å². The second kappa shape index (κ2) is 10.1. The molecule has 4 rings (SSSR count). The maximum atomic E-state index is 12.8. The fourth-order valence-electron chi connectivity index (χ4n) is 3.31. The number of nitrogens with zero attached hydrogens (tertiary/aromatic N) is 1. The molecule has 2 heterocycles. The summed E-state index contributed by atoms with van der Waals surface area (Å²) in [5.74, 6) is 1.01. The van der Waals surface area contributed by atoms with Crippen LogP contribution in [-0.4, -0.2) is 24.2 Å². The minimum Gasteiger partial charge on any atom is -0.489 e. The molecule has 0 spiro atoms. The van der Waals surface area contributed by atoms with Gasteiger partial charge in [-0.05, 0) is 59.6 Å². The van der Waals surface area contributed by atoms with E-state index in [0.29, 0.717) is 24.7 Å². The summed E-state index contributed by atoms with van der Waals surface area (Å²) in [5, 5.41) is 3.92. The quantitative estimate of drug-likeness (QED) is 0.265. The number of hydrogen-bond donors (Lipinski definition) is 2. The lowest BCUT2D eigenvalue weighted by Crippen LogP contribution is -2.40. The van der Waals surface area contributed by atoms with E-state index in [0.717, 1.165) is 27.8 Å². The van der Waals surface area contributed by atoms with Crippen molar-refractivity contribution in [3.63, 3.8) is 0 Å². The summed E-state index contributed by atoms with van der Waals surface area (Å²) >= 11 is 0. The lowest BCUT2D eigenvalue weighted by atomic mass is 10.2. The number of rotatable bonds is 8. The highest BCUT2D eigenvalue weighted by Gasteiger charge is 2.37. The van der Waals surface area contributed by atoms with Crippen LogP contribution in [0.3, 0.4) is 0 Å². The average Bonchev–Trinajstić information content (AvgIpc) is 3.26. The van der Waals surface area contributed by atoms with Gasteiger partial charge >= 0.3 is 0 Å². The number of carbonyl (C=O) groups excluding carboxylic acids is 1. The number of benzene rings is 2. The summed E-state index contributed by atoms with van der Waals surface area (Å²) in [5.41, 5.74) is 3.42. The van der Waals surface area contributed by atoms with Crippen molar-refractivity contribution in [2.45, 2.75) is 52.1 Å². The van der Waals surface area contributed by atoms with Gasteiger partial charge in [0.2, 0.25) is 0 Å². The molecule has 35 heavy (non-hydrogen) atoms. The van der Waals surface area contributed by atoms with Gasteiger partial charge in [0.1, 0.15) is 23.9 Å². The van der Waals surface area contributed by atoms with Crippen LogP contribution in [0.25, 0.3) is 10.9 Å². The Hall–Kier alpha value is -3.42. The zero-order valence-corrected chi connectivity index (χ0v) is 22.0. The molecule has 2 N–H and O–H groups in total. The standard InChI is InChI=1S/C28H33N3O3Si/c1-28(2,3)35(4,5)34-19-21-11-14-26(29-17-21)31-27(32)25-16-22-15-23(12-13-24(22)30-25)33-18-20-9-7-6-8-10-20/h6-17,30H,18-19H2,1-5H3,(H,29,31,32). The molecule has 0 aliphatic heterocycles. The van der Waals surface area contributed by atoms with Crippen LogP contribution >= 0.6 is 0 Å². The maximum absolute atomic E-state index is 12.8. The number of H-pyrrole nitrogens is 1. The molecule has 0 radical (unpaired) electrons. The van der Waals surface area contributed by atoms with Crippen LogP contribution in [0.2, 0.25) is 18.1 Å². The molecule has 0 aliphatic rings. The lowest BCUT2D eigenvalue weighted by molar-refractivity contribution is 0.102. The fraction of sp³-hybridized carbons (Fsp3) is 0.286. The van der Waals surface area contributed by atoms with Gasteiger partial charge in [-0.2, -0.15) is 0 Å². The molecular formula is C28H33N3O3Si. The Kier molecular flexibility index (Phi) is 7.09. The number of nitrogens with one attached hydrogen (secondary N) is 2. The van der Waals surface area contributed by atoms with Crippen LogP contribution in [0.4, 0.5) is 5.82 Å². The van der Waals surface area contributed by atoms with Gasteiger partial charge in [0.15, 0.2) is 8.32 Å². The Morgan fingerprint density at radius 1 is 0.971 bits per heavy atom. The van der Waals surface area contributed by atoms with Gasteiger partial charge in [-0.1, -0.05) is 57.2 Å². The van der Waals surface area contributed by atoms with Gasteiger partial charge in [-0.15, -0.1) is 0 Å². The van der Waals surface area contributed by atoms with Crippen molar-refractivity contribution >= 4 is 30.9 Å². The second-order valence-corrected chi connectivity index (χ2v) is 15.1. The molecule has 182 valence electrons. The zero-order chi connectivity index (χ0) is 25.1. The van der Waals surface area contributed by atoms with Crippen molar-refractivity contribution in [1.29, 1.82) is 0 Å². The molecule has 6 nitrogen and oxygen atoms in total. The first-order valence-electron chi connectivity index (χ1n) is 11.8. The van der Waals surface area contributed by atoms with Crippen LogP contribution in [0.15, 0.2) is 72.9 Å². The molecule has 2 aromatic carbocycles. The Morgan fingerprint density at radius 3 is 2.43 bits per heavy atom. The molecule has 0 aliphatic carbocycles. The third-order valence-electron chi connectivity index (χ3n) is 6.56. The normalized spacial score (nSPS) is 12.0. The molecular weight excluding hydrogens is 454 g/mol. The van der Waals surface area contributed by atoms with Crippen LogP contribution in [0.5, 0.6) is 5.75 Å². The predicted molar refractivity (Wildman–Crippen MR) is 143 cm³/mol. The van der Waals surface area contributed by atoms with Crippen LogP contribution in [-0.2, 0) is 17.6 Å². The van der Waals surface area contributed by atoms with E-state index in [2.05, 4.69) is 49.1 Å². The lowest BCUT2D eigenvalue weighted by Gasteiger charge is -2.36. The van der Waals surface area contributed by atoms with Crippen molar-refractivity contribution in [3.05, 3.63) is 89.7 Å². The third-order valence-corrected chi connectivity index (χ3v) is 11.0. The minimum atomic E-state index is -1.83. The highest BCUT2D eigenvalue weighted by Crippen LogP contribution is 2.37. The van der Waals surface area contributed by atoms with E-state index in [1.54, 1.807) is 12.3 Å². The number of carbonyl (C=O) groups is 1. The van der Waals surface area contributed by atoms with E-state index in [4.69, 9.17) is 9.16 Å². The van der Waals surface area contributed by atoms with E-state index >= 15 is 0 Å². The molecule has 0 atom stereocenters. The summed E-state index contributed by atoms with van der Waals surface area (Å²) in [7, 11) is -1.83. The van der Waals surface area contributed by atoms with Crippen LogP contribution in [0.1, 0.15) is 42.4 Å². The Bertz CT molecular complexity index is 1290. The largest absolute Gasteiger partial charge is 0.489 e. The molecule has 0 bridgehead atoms. The number of aromatic nitrogens is 2. The molecule has 0 saturated carbocycles. The van der Waals surface area contributed by atoms with E-state index in [1.807, 2.05) is 60.7 Å². The summed E-state index contributed by atoms with van der Waals surface area (Å²) < 4.78 is 12.2. The number of hydrogen-bond acceptors (Lipinski definition) is 4. The number of fused-ring (bicyclic) bond motifs is 1. The van der Waals surface area contributed by atoms with Crippen LogP contribution in [0, 0.1) is 0 Å². The first-order chi connectivity index (χ1) is 16.6. The third kappa shape index (κ3) is 6.18. The van der Waals surface area contributed by atoms with Gasteiger partial charge < -0.3 is 19.5 Å². The van der Waals surface area contributed by atoms with Gasteiger partial charge in [0.05, 0.1) is 6.61 Å². The molecule has 0 fully saturated rings. The molecule has 7 heteroatoms. The Balaban J connectivity index is 1.36. The van der Waals surface area contributed by atoms with Crippen molar-refractivity contribution < 1.29 is 14.0 Å². The number of pyridine rings is 1. The number of anilines is 1. The van der Waals surface area contributed by atoms with Crippen molar-refractivity contribution in [2.24, 2.45) is 0 Å². The summed E-state index contributed by atoms with van der Waals surface area (Å²) in [6.45, 7) is 12.1. The van der Waals surface area contributed by atoms with E-state index in [-0.39, 0.29) is 10.9 Å². The minimum absolute atomic E-state index is 0.155. The monoisotopic (exact) mass is 487 g/mol. The van der Waals surface area contributed by atoms with Gasteiger partial charge in [0.25, 0.3) is 5.91 Å². The molecule has 1 amide bonds. The highest BCUT2D eigenvalue weighted by atomic mass is 28.4. The second-order valence-electron chi connectivity index (χ2n) is 10.3. The maximum Gasteiger partial charge on any atom is 0.273 e. The molecule has 2 aromatic heterocycles. The SMILES string of the molecule is CC(C)(C)[Si](C)(C)OCc1ccc(NC(=O)c2cc3cc(OCc4ccccc4)ccc3[nH]2)nc1. The predicted octanol–water partition coefficient (Wildman–Crippen LogP) is 6.92. The van der Waals surface area contributed by atoms with E-state index in [1.165, 1.54) is 0 Å². The number of aromatic amines is 1. The number of ether oxygens (including phenoxy) is 1. The van der Waals surface area contributed by atoms with Crippen molar-refractivity contribution in [1.82, 2.24) is 9.97 Å². The average molecular weight is 488 g/mol. The van der Waals surface area contributed by atoms with Crippen LogP contribution < -0.4 is 10.1 Å². The first kappa shape index (κ1) is 24.7. The molecule has 0 saturated heterocycles. The molecule has 0 unspecified atom stereocenters. The van der Waals surface area contributed by atoms with Crippen molar-refractivity contribution in [3.8, 4) is 5.75 Å². The summed E-state index contributed by atoms with van der Waals surface area (Å²) in [6, 6.07) is 21.3. The number of amides is 1. The zero-order valence-electron chi connectivity index (χ0n) is 21.0. The van der Waals surface area contributed by atoms with Gasteiger partial charge in [0, 0.05) is 17.1 Å². The van der Waals surface area contributed by atoms with E-state index in [9.17, 15) is 4.79 Å². The fourth-order valence-corrected chi connectivity index (χ4v) is 4.27. The highest BCUT2D eigenvalue weighted by molar-refractivity contribution is 6.74. The van der Waals surface area contributed by atoms with Crippen molar-refractivity contribution in [2.75, 3.05) is 5.32 Å². The Labute approximate surface area is 207 Å². The smallest absolute Gasteiger partial charge is 0.273 e. The topological polar surface area (TPSA) is 76.2 Å². The van der Waals surface area contributed by atoms with Gasteiger partial charge in [-0.3, -0.25) is 4.79 Å². The summed E-state index contributed by atoms with van der Waals surface area (Å²) in [4.78, 5) is 20.4. The first-order valence-corrected chi connectivity index (χ1v) is 14.7.